The number of rotatable bonds is 15. The molecule has 10 nitrogen and oxygen atoms in total. The van der Waals surface area contributed by atoms with Crippen molar-refractivity contribution in [3.05, 3.63) is 0 Å². The molecule has 0 aromatic carbocycles. The second kappa shape index (κ2) is 14.5. The summed E-state index contributed by atoms with van der Waals surface area (Å²) in [6.45, 7) is 8.96. The molecule has 0 aromatic rings. The fourth-order valence-electron chi connectivity index (χ4n) is 1.74. The summed E-state index contributed by atoms with van der Waals surface area (Å²) in [6.07, 6.45) is -1.60. The van der Waals surface area contributed by atoms with E-state index < -0.39 is 44.0 Å². The summed E-state index contributed by atoms with van der Waals surface area (Å²) in [6, 6.07) is 0. The molecule has 0 aliphatic rings. The summed E-state index contributed by atoms with van der Waals surface area (Å²) in [5.74, 6) is -1.30. The van der Waals surface area contributed by atoms with Gasteiger partial charge in [0.25, 0.3) is 0 Å². The number of carbonyl (C=O) groups excluding carboxylic acids is 3. The van der Waals surface area contributed by atoms with Gasteiger partial charge in [0.15, 0.2) is 0 Å². The molecule has 0 bridgehead atoms. The largest absolute Gasteiger partial charge is 0.475 e. The molecule has 0 N–H and O–H groups in total. The van der Waals surface area contributed by atoms with Crippen molar-refractivity contribution < 1.29 is 46.7 Å². The number of carbonyl (C=O) groups is 3. The molecule has 0 aromatic heterocycles. The summed E-state index contributed by atoms with van der Waals surface area (Å²) in [4.78, 5) is 34.0. The molecule has 29 heavy (non-hydrogen) atoms. The Morgan fingerprint density at radius 1 is 0.690 bits per heavy atom. The third kappa shape index (κ3) is 13.4. The van der Waals surface area contributed by atoms with E-state index >= 15 is 0 Å². The molecule has 0 fully saturated rings. The lowest BCUT2D eigenvalue weighted by Crippen LogP contribution is -2.24. The van der Waals surface area contributed by atoms with Crippen LogP contribution in [-0.4, -0.2) is 56.0 Å². The van der Waals surface area contributed by atoms with Crippen LogP contribution in [0.15, 0.2) is 0 Å². The van der Waals surface area contributed by atoms with Crippen molar-refractivity contribution >= 4 is 25.7 Å². The topological polar surface area (TPSA) is 124 Å². The van der Waals surface area contributed by atoms with Crippen LogP contribution in [0, 0.1) is 0 Å². The lowest BCUT2D eigenvalue weighted by atomic mass is 10.4. The first kappa shape index (κ1) is 27.5. The second-order valence-corrected chi connectivity index (χ2v) is 7.92. The van der Waals surface area contributed by atoms with Gasteiger partial charge in [-0.05, 0) is 20.8 Å². The Morgan fingerprint density at radius 2 is 1.10 bits per heavy atom. The van der Waals surface area contributed by atoms with E-state index in [9.17, 15) is 18.9 Å². The van der Waals surface area contributed by atoms with E-state index in [2.05, 4.69) is 0 Å². The normalized spacial score (nSPS) is 16.2. The van der Waals surface area contributed by atoms with E-state index in [-0.39, 0.29) is 39.1 Å². The first-order valence-electron chi connectivity index (χ1n) is 9.67. The zero-order valence-electron chi connectivity index (χ0n) is 18.0. The SMILES string of the molecule is CCC(=O)OCC(C)OP(=O)(OCC(C)OC(=O)CC)OCC(C)OC(=O)CC. The highest BCUT2D eigenvalue weighted by molar-refractivity contribution is 7.48. The molecular weight excluding hydrogens is 407 g/mol. The second-order valence-electron chi connectivity index (χ2n) is 6.30. The maximum Gasteiger partial charge on any atom is 0.475 e. The van der Waals surface area contributed by atoms with Crippen LogP contribution in [-0.2, 0) is 46.7 Å². The summed E-state index contributed by atoms with van der Waals surface area (Å²) < 4.78 is 43.9. The summed E-state index contributed by atoms with van der Waals surface area (Å²) >= 11 is 0. The molecule has 170 valence electrons. The molecular formula is C18H33O10P. The van der Waals surface area contributed by atoms with Gasteiger partial charge in [0, 0.05) is 19.3 Å². The van der Waals surface area contributed by atoms with Crippen LogP contribution in [0.4, 0.5) is 0 Å². The smallest absolute Gasteiger partial charge is 0.463 e. The van der Waals surface area contributed by atoms with Gasteiger partial charge < -0.3 is 14.2 Å². The highest BCUT2D eigenvalue weighted by Gasteiger charge is 2.32. The van der Waals surface area contributed by atoms with Crippen molar-refractivity contribution in [3.8, 4) is 0 Å². The fourth-order valence-corrected chi connectivity index (χ4v) is 3.22. The predicted molar refractivity (Wildman–Crippen MR) is 103 cm³/mol. The van der Waals surface area contributed by atoms with Crippen molar-refractivity contribution in [2.75, 3.05) is 19.8 Å². The van der Waals surface area contributed by atoms with Crippen molar-refractivity contribution in [1.29, 1.82) is 0 Å². The molecule has 0 rings (SSSR count). The quantitative estimate of drug-likeness (QED) is 0.213. The number of phosphoric ester groups is 1. The molecule has 0 saturated carbocycles. The first-order chi connectivity index (χ1) is 13.5. The molecule has 3 unspecified atom stereocenters. The zero-order chi connectivity index (χ0) is 22.4. The zero-order valence-corrected chi connectivity index (χ0v) is 18.9. The molecule has 0 saturated heterocycles. The third-order valence-corrected chi connectivity index (χ3v) is 4.80. The van der Waals surface area contributed by atoms with Crippen molar-refractivity contribution in [1.82, 2.24) is 0 Å². The average molecular weight is 440 g/mol. The number of ether oxygens (including phenoxy) is 3. The number of esters is 3. The Bertz CT molecular complexity index is 533. The Kier molecular flexibility index (Phi) is 13.8. The summed E-state index contributed by atoms with van der Waals surface area (Å²) in [5, 5.41) is 0. The average Bonchev–Trinajstić information content (AvgIpc) is 2.68. The molecule has 0 amide bonds. The maximum atomic E-state index is 13.0. The Hall–Kier alpha value is -1.48. The first-order valence-corrected chi connectivity index (χ1v) is 11.1. The van der Waals surface area contributed by atoms with Crippen LogP contribution < -0.4 is 0 Å². The van der Waals surface area contributed by atoms with Crippen LogP contribution in [0.2, 0.25) is 0 Å². The number of phosphoric acid groups is 1. The fraction of sp³-hybridized carbons (Fsp3) is 0.833. The van der Waals surface area contributed by atoms with Gasteiger partial charge in [-0.25, -0.2) is 4.57 Å². The van der Waals surface area contributed by atoms with Gasteiger partial charge in [-0.3, -0.25) is 28.0 Å². The maximum absolute atomic E-state index is 13.0. The lowest BCUT2D eigenvalue weighted by Gasteiger charge is -2.24. The van der Waals surface area contributed by atoms with Crippen LogP contribution in [0.25, 0.3) is 0 Å². The van der Waals surface area contributed by atoms with Gasteiger partial charge in [0.1, 0.15) is 24.9 Å². The molecule has 11 heteroatoms. The number of hydrogen-bond donors (Lipinski definition) is 0. The van der Waals surface area contributed by atoms with E-state index in [1.165, 1.54) is 6.92 Å². The minimum Gasteiger partial charge on any atom is -0.463 e. The van der Waals surface area contributed by atoms with Gasteiger partial charge in [0.2, 0.25) is 0 Å². The van der Waals surface area contributed by atoms with E-state index in [0.29, 0.717) is 0 Å². The van der Waals surface area contributed by atoms with Gasteiger partial charge in [-0.2, -0.15) is 0 Å². The van der Waals surface area contributed by atoms with Gasteiger partial charge >= 0.3 is 25.7 Å². The van der Waals surface area contributed by atoms with Crippen LogP contribution >= 0.6 is 7.82 Å². The van der Waals surface area contributed by atoms with Crippen molar-refractivity contribution in [2.45, 2.75) is 79.1 Å². The van der Waals surface area contributed by atoms with E-state index in [1.807, 2.05) is 0 Å². The van der Waals surface area contributed by atoms with Crippen LogP contribution in [0.5, 0.6) is 0 Å². The Labute approximate surface area is 172 Å². The van der Waals surface area contributed by atoms with Crippen LogP contribution in [0.1, 0.15) is 60.8 Å². The molecule has 0 aliphatic heterocycles. The minimum absolute atomic E-state index is 0.149. The standard InChI is InChI=1S/C18H33O10P/c1-7-16(19)23-10-15(6)28-29(22,24-11-13(4)26-17(20)8-2)25-12-14(5)27-18(21)9-3/h13-15H,7-12H2,1-6H3. The highest BCUT2D eigenvalue weighted by atomic mass is 31.2. The Balaban J connectivity index is 4.90. The summed E-state index contributed by atoms with van der Waals surface area (Å²) in [7, 11) is -4.13. The van der Waals surface area contributed by atoms with E-state index in [1.54, 1.807) is 34.6 Å². The molecule has 0 aliphatic carbocycles. The molecule has 0 spiro atoms. The van der Waals surface area contributed by atoms with Crippen molar-refractivity contribution in [3.63, 3.8) is 0 Å². The highest BCUT2D eigenvalue weighted by Crippen LogP contribution is 2.51. The molecule has 0 radical (unpaired) electrons. The van der Waals surface area contributed by atoms with Crippen LogP contribution in [0.3, 0.4) is 0 Å². The minimum atomic E-state index is -4.13. The van der Waals surface area contributed by atoms with E-state index in [4.69, 9.17) is 27.8 Å². The summed E-state index contributed by atoms with van der Waals surface area (Å²) in [5.41, 5.74) is 0. The third-order valence-electron chi connectivity index (χ3n) is 3.25. The lowest BCUT2D eigenvalue weighted by molar-refractivity contribution is -0.149. The molecule has 0 heterocycles. The van der Waals surface area contributed by atoms with Crippen molar-refractivity contribution in [2.24, 2.45) is 0 Å². The Morgan fingerprint density at radius 3 is 1.48 bits per heavy atom. The monoisotopic (exact) mass is 440 g/mol. The predicted octanol–water partition coefficient (Wildman–Crippen LogP) is 3.17. The molecule has 3 atom stereocenters. The van der Waals surface area contributed by atoms with Gasteiger partial charge in [-0.1, -0.05) is 20.8 Å². The van der Waals surface area contributed by atoms with Gasteiger partial charge in [0.05, 0.1) is 13.2 Å². The van der Waals surface area contributed by atoms with E-state index in [0.717, 1.165) is 0 Å². The van der Waals surface area contributed by atoms with Gasteiger partial charge in [-0.15, -0.1) is 0 Å². The number of hydrogen-bond acceptors (Lipinski definition) is 10.